The number of halogens is 3. The number of methoxy groups -OCH3 is 1. The van der Waals surface area contributed by atoms with Gasteiger partial charge in [-0.05, 0) is 45.8 Å². The van der Waals surface area contributed by atoms with Gasteiger partial charge in [-0.15, -0.1) is 0 Å². The van der Waals surface area contributed by atoms with Crippen LogP contribution in [0.3, 0.4) is 0 Å². The van der Waals surface area contributed by atoms with E-state index in [4.69, 9.17) is 32.7 Å². The summed E-state index contributed by atoms with van der Waals surface area (Å²) in [7, 11) is 1.62. The van der Waals surface area contributed by atoms with Crippen molar-refractivity contribution in [2.45, 2.75) is 12.0 Å². The van der Waals surface area contributed by atoms with Crippen LogP contribution in [-0.2, 0) is 6.61 Å². The fourth-order valence-electron chi connectivity index (χ4n) is 2.96. The lowest BCUT2D eigenvalue weighted by Gasteiger charge is -2.17. The Morgan fingerprint density at radius 1 is 1.10 bits per heavy atom. The molecule has 0 unspecified atom stereocenters. The van der Waals surface area contributed by atoms with E-state index in [2.05, 4.69) is 26.5 Å². The van der Waals surface area contributed by atoms with E-state index < -0.39 is 0 Å². The van der Waals surface area contributed by atoms with Crippen LogP contribution in [0.2, 0.25) is 10.0 Å². The van der Waals surface area contributed by atoms with Crippen molar-refractivity contribution in [1.82, 2.24) is 5.43 Å². The van der Waals surface area contributed by atoms with Crippen molar-refractivity contribution in [3.63, 3.8) is 0 Å². The Balaban J connectivity index is 1.51. The van der Waals surface area contributed by atoms with Gasteiger partial charge in [0, 0.05) is 21.2 Å². The number of rotatable bonds is 6. The molecule has 1 heterocycles. The van der Waals surface area contributed by atoms with Crippen molar-refractivity contribution in [3.05, 3.63) is 91.9 Å². The van der Waals surface area contributed by atoms with Gasteiger partial charge < -0.3 is 9.47 Å². The summed E-state index contributed by atoms with van der Waals surface area (Å²) in [5.41, 5.74) is 6.14. The molecule has 0 amide bonds. The minimum atomic E-state index is -0.0230. The molecule has 1 aliphatic rings. The number of ether oxygens (including phenoxy) is 2. The lowest BCUT2D eigenvalue weighted by atomic mass is 10.2. The van der Waals surface area contributed by atoms with Gasteiger partial charge in [-0.2, -0.15) is 5.10 Å². The van der Waals surface area contributed by atoms with Crippen molar-refractivity contribution in [2.24, 2.45) is 5.10 Å². The smallest absolute Gasteiger partial charge is 0.175 e. The van der Waals surface area contributed by atoms with Crippen LogP contribution in [0.5, 0.6) is 11.5 Å². The zero-order chi connectivity index (χ0) is 21.1. The predicted octanol–water partition coefficient (Wildman–Crippen LogP) is 7.04. The van der Waals surface area contributed by atoms with Crippen molar-refractivity contribution in [3.8, 4) is 11.5 Å². The maximum Gasteiger partial charge on any atom is 0.175 e. The van der Waals surface area contributed by atoms with Crippen LogP contribution in [0.25, 0.3) is 0 Å². The maximum absolute atomic E-state index is 6.25. The molecule has 0 bridgehead atoms. The largest absolute Gasteiger partial charge is 0.493 e. The molecular weight excluding hydrogens is 507 g/mol. The van der Waals surface area contributed by atoms with Crippen molar-refractivity contribution in [1.29, 1.82) is 0 Å². The minimum Gasteiger partial charge on any atom is -0.493 e. The topological polar surface area (TPSA) is 42.8 Å². The fraction of sp³-hybridized carbons (Fsp3) is 0.136. The molecule has 4 nitrogen and oxygen atoms in total. The van der Waals surface area contributed by atoms with Gasteiger partial charge in [0.05, 0.1) is 11.6 Å². The molecule has 8 heteroatoms. The summed E-state index contributed by atoms with van der Waals surface area (Å²) >= 11 is 17.5. The molecule has 154 valence electrons. The Bertz CT molecular complexity index is 1100. The number of thioether (sulfide) groups is 1. The lowest BCUT2D eigenvalue weighted by Crippen LogP contribution is -2.08. The summed E-state index contributed by atoms with van der Waals surface area (Å²) in [6.07, 6.45) is 0. The van der Waals surface area contributed by atoms with Crippen molar-refractivity contribution in [2.75, 3.05) is 7.11 Å². The maximum atomic E-state index is 6.25. The normalized spacial score (nSPS) is 15.5. The van der Waals surface area contributed by atoms with E-state index in [1.807, 2.05) is 48.5 Å². The monoisotopic (exact) mass is 522 g/mol. The first-order valence-electron chi connectivity index (χ1n) is 9.04. The Morgan fingerprint density at radius 3 is 2.63 bits per heavy atom. The van der Waals surface area contributed by atoms with Gasteiger partial charge in [0.2, 0.25) is 0 Å². The van der Waals surface area contributed by atoms with Gasteiger partial charge in [0.1, 0.15) is 17.0 Å². The molecule has 3 aromatic carbocycles. The number of nitrogens with one attached hydrogen (secondary N) is 1. The number of hydrogen-bond acceptors (Lipinski definition) is 5. The number of nitrogens with zero attached hydrogens (tertiary/aromatic N) is 1. The molecule has 0 saturated carbocycles. The zero-order valence-electron chi connectivity index (χ0n) is 15.9. The second-order valence-corrected chi connectivity index (χ2v) is 9.26. The molecule has 0 spiro atoms. The summed E-state index contributed by atoms with van der Waals surface area (Å²) in [6.45, 7) is 0.294. The van der Waals surface area contributed by atoms with Crippen LogP contribution in [-0.4, -0.2) is 12.2 Å². The molecular formula is C22H17BrCl2N2O2S. The van der Waals surface area contributed by atoms with Crippen molar-refractivity contribution < 1.29 is 9.47 Å². The van der Waals surface area contributed by atoms with E-state index >= 15 is 0 Å². The highest BCUT2D eigenvalue weighted by Crippen LogP contribution is 2.42. The Labute approximate surface area is 197 Å². The average molecular weight is 524 g/mol. The predicted molar refractivity (Wildman–Crippen MR) is 128 cm³/mol. The van der Waals surface area contributed by atoms with Crippen LogP contribution < -0.4 is 14.9 Å². The zero-order valence-corrected chi connectivity index (χ0v) is 19.8. The Kier molecular flexibility index (Phi) is 6.78. The second-order valence-electron chi connectivity index (χ2n) is 6.47. The molecule has 0 aromatic heterocycles. The van der Waals surface area contributed by atoms with Gasteiger partial charge in [-0.3, -0.25) is 5.43 Å². The van der Waals surface area contributed by atoms with Gasteiger partial charge in [-0.25, -0.2) is 0 Å². The fourth-order valence-corrected chi connectivity index (χ4v) is 4.97. The van der Waals surface area contributed by atoms with Crippen LogP contribution in [0, 0.1) is 0 Å². The third-order valence-electron chi connectivity index (χ3n) is 4.48. The van der Waals surface area contributed by atoms with E-state index in [9.17, 15) is 0 Å². The van der Waals surface area contributed by atoms with Gasteiger partial charge in [0.15, 0.2) is 11.5 Å². The number of hydrogen-bond donors (Lipinski definition) is 1. The van der Waals surface area contributed by atoms with E-state index in [1.54, 1.807) is 31.0 Å². The molecule has 30 heavy (non-hydrogen) atoms. The molecule has 1 atom stereocenters. The summed E-state index contributed by atoms with van der Waals surface area (Å²) in [5, 5.41) is 6.56. The molecule has 0 aliphatic carbocycles. The van der Waals surface area contributed by atoms with Gasteiger partial charge >= 0.3 is 0 Å². The highest BCUT2D eigenvalue weighted by atomic mass is 79.9. The van der Waals surface area contributed by atoms with Crippen LogP contribution >= 0.6 is 50.9 Å². The summed E-state index contributed by atoms with van der Waals surface area (Å²) in [5.74, 6) is 1.24. The standard InChI is InChI=1S/C22H17BrCl2N2O2S/c1-28-19-10-15(22-27-26-21(30-22)13-5-3-2-4-6-13)9-17(23)20(19)29-12-14-7-8-16(24)11-18(14)25/h2-11,22,27H,12H2,1H3/t22-/m1/s1. The quantitative estimate of drug-likeness (QED) is 0.376. The highest BCUT2D eigenvalue weighted by molar-refractivity contribution is 9.10. The number of hydrazone groups is 1. The van der Waals surface area contributed by atoms with E-state index in [1.165, 1.54) is 0 Å². The minimum absolute atomic E-state index is 0.0230. The van der Waals surface area contributed by atoms with E-state index in [-0.39, 0.29) is 5.37 Å². The third kappa shape index (κ3) is 4.72. The van der Waals surface area contributed by atoms with Crippen LogP contribution in [0.1, 0.15) is 22.1 Å². The van der Waals surface area contributed by atoms with E-state index in [0.717, 1.165) is 26.2 Å². The number of benzene rings is 3. The van der Waals surface area contributed by atoms with Gasteiger partial charge in [0.25, 0.3) is 0 Å². The molecule has 0 saturated heterocycles. The average Bonchev–Trinajstić information content (AvgIpc) is 3.24. The first-order valence-corrected chi connectivity index (χ1v) is 11.5. The molecule has 1 N–H and O–H groups in total. The highest BCUT2D eigenvalue weighted by Gasteiger charge is 2.24. The first kappa shape index (κ1) is 21.4. The summed E-state index contributed by atoms with van der Waals surface area (Å²) < 4.78 is 12.4. The molecule has 1 aliphatic heterocycles. The summed E-state index contributed by atoms with van der Waals surface area (Å²) in [6, 6.07) is 19.4. The SMILES string of the molecule is COc1cc([C@@H]2NN=C(c3ccccc3)S2)cc(Br)c1OCc1ccc(Cl)cc1Cl. The molecule has 4 rings (SSSR count). The third-order valence-corrected chi connectivity index (χ3v) is 6.81. The molecule has 0 radical (unpaired) electrons. The lowest BCUT2D eigenvalue weighted by molar-refractivity contribution is 0.282. The first-order chi connectivity index (χ1) is 14.5. The van der Waals surface area contributed by atoms with E-state index in [0.29, 0.717) is 28.2 Å². The molecule has 3 aromatic rings. The molecule has 0 fully saturated rings. The Hall–Kier alpha value is -1.86. The Morgan fingerprint density at radius 2 is 1.90 bits per heavy atom. The van der Waals surface area contributed by atoms with Crippen molar-refractivity contribution >= 4 is 55.9 Å². The van der Waals surface area contributed by atoms with Crippen LogP contribution in [0.4, 0.5) is 0 Å². The van der Waals surface area contributed by atoms with Gasteiger partial charge in [-0.1, -0.05) is 71.4 Å². The second kappa shape index (κ2) is 9.52. The summed E-state index contributed by atoms with van der Waals surface area (Å²) in [4.78, 5) is 0. The van der Waals surface area contributed by atoms with Crippen LogP contribution in [0.15, 0.2) is 70.2 Å².